The lowest BCUT2D eigenvalue weighted by Gasteiger charge is -2.32. The third kappa shape index (κ3) is 4.94. The van der Waals surface area contributed by atoms with E-state index in [9.17, 15) is 4.79 Å². The SMILES string of the molecule is CC(Oc1nc2ccc(-c3ccc(N4CCCC4=O)nc3)nc2s1)C1CCN(c2n[n+](C(C)C)co2)CC1. The van der Waals surface area contributed by atoms with Crippen LogP contribution in [-0.2, 0) is 4.79 Å². The second kappa shape index (κ2) is 10.3. The van der Waals surface area contributed by atoms with E-state index in [1.165, 1.54) is 11.3 Å². The number of rotatable bonds is 7. The van der Waals surface area contributed by atoms with Crippen molar-refractivity contribution < 1.29 is 18.6 Å². The molecule has 0 N–H and O–H groups in total. The first-order valence-corrected chi connectivity index (χ1v) is 14.1. The summed E-state index contributed by atoms with van der Waals surface area (Å²) < 4.78 is 13.8. The van der Waals surface area contributed by atoms with Gasteiger partial charge in [-0.3, -0.25) is 9.69 Å². The summed E-state index contributed by atoms with van der Waals surface area (Å²) in [6, 6.07) is 8.75. The van der Waals surface area contributed by atoms with E-state index in [0.29, 0.717) is 29.4 Å². The van der Waals surface area contributed by atoms with Crippen molar-refractivity contribution in [1.82, 2.24) is 20.1 Å². The number of hydrogen-bond donors (Lipinski definition) is 0. The molecule has 6 rings (SSSR count). The summed E-state index contributed by atoms with van der Waals surface area (Å²) in [5.74, 6) is 1.27. The van der Waals surface area contributed by atoms with Gasteiger partial charge in [0.25, 0.3) is 5.19 Å². The molecular weight excluding hydrogens is 502 g/mol. The molecule has 0 radical (unpaired) electrons. The van der Waals surface area contributed by atoms with Gasteiger partial charge in [0.2, 0.25) is 5.91 Å². The molecule has 2 saturated heterocycles. The number of aromatic nitrogens is 5. The third-order valence-electron chi connectivity index (χ3n) is 7.39. The van der Waals surface area contributed by atoms with Gasteiger partial charge in [-0.15, -0.1) is 0 Å². The van der Waals surface area contributed by atoms with Gasteiger partial charge in [0, 0.05) is 51.7 Å². The van der Waals surface area contributed by atoms with Crippen molar-refractivity contribution >= 4 is 39.4 Å². The summed E-state index contributed by atoms with van der Waals surface area (Å²) in [4.78, 5) is 30.8. The van der Waals surface area contributed by atoms with Crippen molar-refractivity contribution in [2.45, 2.75) is 58.6 Å². The highest BCUT2D eigenvalue weighted by atomic mass is 32.1. The van der Waals surface area contributed by atoms with E-state index in [4.69, 9.17) is 14.1 Å². The maximum absolute atomic E-state index is 12.0. The van der Waals surface area contributed by atoms with Gasteiger partial charge in [-0.1, -0.05) is 11.3 Å². The number of ether oxygens (including phenoxy) is 1. The lowest BCUT2D eigenvalue weighted by atomic mass is 9.92. The molecule has 0 spiro atoms. The molecule has 0 aromatic carbocycles. The van der Waals surface area contributed by atoms with Crippen LogP contribution in [0.2, 0.25) is 0 Å². The van der Waals surface area contributed by atoms with Gasteiger partial charge in [0.15, 0.2) is 6.04 Å². The molecule has 0 aliphatic carbocycles. The minimum atomic E-state index is 0.0485. The molecule has 1 atom stereocenters. The zero-order chi connectivity index (χ0) is 26.2. The summed E-state index contributed by atoms with van der Waals surface area (Å²) in [5.41, 5.74) is 2.55. The predicted molar refractivity (Wildman–Crippen MR) is 144 cm³/mol. The predicted octanol–water partition coefficient (Wildman–Crippen LogP) is 4.42. The molecule has 1 amide bonds. The van der Waals surface area contributed by atoms with Crippen molar-refractivity contribution in [3.63, 3.8) is 0 Å². The molecule has 10 nitrogen and oxygen atoms in total. The van der Waals surface area contributed by atoms with Gasteiger partial charge < -0.3 is 14.1 Å². The van der Waals surface area contributed by atoms with E-state index < -0.39 is 0 Å². The normalized spacial score (nSPS) is 17.6. The Morgan fingerprint density at radius 1 is 1.11 bits per heavy atom. The molecule has 11 heteroatoms. The van der Waals surface area contributed by atoms with E-state index in [-0.39, 0.29) is 18.1 Å². The zero-order valence-electron chi connectivity index (χ0n) is 21.9. The van der Waals surface area contributed by atoms with Gasteiger partial charge >= 0.3 is 12.4 Å². The Balaban J connectivity index is 1.08. The monoisotopic (exact) mass is 534 g/mol. The Morgan fingerprint density at radius 2 is 1.95 bits per heavy atom. The smallest absolute Gasteiger partial charge is 0.364 e. The quantitative estimate of drug-likeness (QED) is 0.321. The lowest BCUT2D eigenvalue weighted by Crippen LogP contribution is -2.41. The van der Waals surface area contributed by atoms with Crippen molar-refractivity contribution in [3.8, 4) is 16.5 Å². The van der Waals surface area contributed by atoms with Crippen molar-refractivity contribution in [2.24, 2.45) is 5.92 Å². The number of pyridine rings is 2. The Kier molecular flexibility index (Phi) is 6.69. The molecule has 4 aromatic rings. The standard InChI is InChI=1S/C27H32N7O3S/c1-17(2)34-16-36-26(31-34)32-13-10-19(11-14-32)18(3)37-27-30-22-8-7-21(29-25(22)38-27)20-6-9-23(28-15-20)33-12-4-5-24(33)35/h6-9,15-19H,4-5,10-14H2,1-3H3/q+1. The summed E-state index contributed by atoms with van der Waals surface area (Å²) >= 11 is 1.47. The molecule has 4 aromatic heterocycles. The average Bonchev–Trinajstić information content (AvgIpc) is 3.68. The number of carbonyl (C=O) groups is 1. The van der Waals surface area contributed by atoms with Crippen LogP contribution in [0.25, 0.3) is 21.6 Å². The van der Waals surface area contributed by atoms with Crippen molar-refractivity contribution in [2.75, 3.05) is 29.4 Å². The molecule has 38 heavy (non-hydrogen) atoms. The molecule has 0 saturated carbocycles. The molecule has 198 valence electrons. The van der Waals surface area contributed by atoms with Crippen molar-refractivity contribution in [1.29, 1.82) is 0 Å². The molecule has 2 fully saturated rings. The highest BCUT2D eigenvalue weighted by molar-refractivity contribution is 7.19. The summed E-state index contributed by atoms with van der Waals surface area (Å²) in [6.07, 6.45) is 7.00. The number of amides is 1. The van der Waals surface area contributed by atoms with E-state index >= 15 is 0 Å². The Hall–Kier alpha value is -3.60. The molecule has 1 unspecified atom stereocenters. The number of carbonyl (C=O) groups excluding carboxylic acids is 1. The Bertz CT molecular complexity index is 1430. The largest absolute Gasteiger partial charge is 0.467 e. The van der Waals surface area contributed by atoms with Gasteiger partial charge in [-0.05, 0) is 61.1 Å². The maximum Gasteiger partial charge on any atom is 0.364 e. The molecule has 2 aliphatic rings. The molecule has 2 aliphatic heterocycles. The second-order valence-corrected chi connectivity index (χ2v) is 11.2. The summed E-state index contributed by atoms with van der Waals surface area (Å²) in [7, 11) is 0. The summed E-state index contributed by atoms with van der Waals surface area (Å²) in [6.45, 7) is 8.81. The van der Waals surface area contributed by atoms with Crippen LogP contribution in [0, 0.1) is 5.92 Å². The highest BCUT2D eigenvalue weighted by Gasteiger charge is 2.29. The summed E-state index contributed by atoms with van der Waals surface area (Å²) in [5, 5.41) is 5.20. The van der Waals surface area contributed by atoms with Crippen LogP contribution in [0.1, 0.15) is 52.5 Å². The zero-order valence-corrected chi connectivity index (χ0v) is 22.7. The number of thiazole rings is 1. The highest BCUT2D eigenvalue weighted by Crippen LogP contribution is 2.32. The van der Waals surface area contributed by atoms with Gasteiger partial charge in [0.1, 0.15) is 22.3 Å². The topological polar surface area (TPSA) is 101 Å². The average molecular weight is 535 g/mol. The maximum atomic E-state index is 12.0. The molecule has 0 bridgehead atoms. The van der Waals surface area contributed by atoms with E-state index in [0.717, 1.165) is 60.5 Å². The number of fused-ring (bicyclic) bond motifs is 1. The lowest BCUT2D eigenvalue weighted by molar-refractivity contribution is -0.771. The minimum Gasteiger partial charge on any atom is -0.467 e. The number of anilines is 2. The third-order valence-corrected chi connectivity index (χ3v) is 8.24. The fourth-order valence-corrected chi connectivity index (χ4v) is 5.90. The van der Waals surface area contributed by atoms with Gasteiger partial charge in [-0.25, -0.2) is 15.0 Å². The van der Waals surface area contributed by atoms with Crippen LogP contribution in [0.3, 0.4) is 0 Å². The second-order valence-electron chi connectivity index (χ2n) is 10.3. The minimum absolute atomic E-state index is 0.0485. The van der Waals surface area contributed by atoms with Crippen LogP contribution in [-0.4, -0.2) is 51.7 Å². The number of nitrogens with zero attached hydrogens (tertiary/aromatic N) is 7. The van der Waals surface area contributed by atoms with Crippen molar-refractivity contribution in [3.05, 3.63) is 36.9 Å². The first kappa shape index (κ1) is 24.7. The number of hydrogen-bond acceptors (Lipinski definition) is 9. The van der Waals surface area contributed by atoms with Crippen LogP contribution in [0.15, 0.2) is 41.3 Å². The first-order valence-electron chi connectivity index (χ1n) is 13.3. The van der Waals surface area contributed by atoms with E-state index in [1.54, 1.807) is 17.5 Å². The fraction of sp³-hybridized carbons (Fsp3) is 0.481. The van der Waals surface area contributed by atoms with Crippen LogP contribution in [0.5, 0.6) is 5.19 Å². The Morgan fingerprint density at radius 3 is 2.63 bits per heavy atom. The van der Waals surface area contributed by atoms with Crippen LogP contribution in [0.4, 0.5) is 11.8 Å². The van der Waals surface area contributed by atoms with Crippen LogP contribution < -0.4 is 19.2 Å². The van der Waals surface area contributed by atoms with Crippen LogP contribution >= 0.6 is 11.3 Å². The fourth-order valence-electron chi connectivity index (χ4n) is 5.03. The van der Waals surface area contributed by atoms with Gasteiger partial charge in [-0.2, -0.15) is 0 Å². The van der Waals surface area contributed by atoms with E-state index in [2.05, 4.69) is 40.7 Å². The Labute approximate surface area is 225 Å². The molecular formula is C27H32N7O3S+. The molecule has 6 heterocycles. The number of piperidine rings is 1. The first-order chi connectivity index (χ1) is 18.4. The van der Waals surface area contributed by atoms with E-state index in [1.807, 2.05) is 28.9 Å². The van der Waals surface area contributed by atoms with Gasteiger partial charge in [0.05, 0.1) is 10.8 Å².